The number of nitro groups is 1. The van der Waals surface area contributed by atoms with Crippen LogP contribution in [0.25, 0.3) is 0 Å². The lowest BCUT2D eigenvalue weighted by Crippen LogP contribution is -2.41. The molecule has 0 fully saturated rings. The minimum absolute atomic E-state index is 0.0980. The van der Waals surface area contributed by atoms with Crippen LogP contribution in [0.3, 0.4) is 0 Å². The van der Waals surface area contributed by atoms with E-state index in [4.69, 9.17) is 0 Å². The molecule has 1 aromatic heterocycles. The Morgan fingerprint density at radius 1 is 1.32 bits per heavy atom. The molecule has 0 radical (unpaired) electrons. The van der Waals surface area contributed by atoms with E-state index in [0.717, 1.165) is 0 Å². The zero-order valence-corrected chi connectivity index (χ0v) is 12.2. The maximum atomic E-state index is 11.9. The molecule has 1 amide bonds. The zero-order chi connectivity index (χ0) is 16.1. The van der Waals surface area contributed by atoms with E-state index in [2.05, 4.69) is 5.32 Å². The topological polar surface area (TPSA) is 113 Å². The van der Waals surface area contributed by atoms with Crippen molar-refractivity contribution < 1.29 is 19.9 Å². The van der Waals surface area contributed by atoms with E-state index in [9.17, 15) is 25.1 Å². The van der Waals surface area contributed by atoms with Gasteiger partial charge >= 0.3 is 0 Å². The molecule has 0 aliphatic heterocycles. The first-order valence-electron chi connectivity index (χ1n) is 6.40. The molecule has 2 atom stereocenters. The summed E-state index contributed by atoms with van der Waals surface area (Å²) >= 11 is 1.25. The van der Waals surface area contributed by atoms with Gasteiger partial charge in [0.2, 0.25) is 0 Å². The van der Waals surface area contributed by atoms with Gasteiger partial charge in [0.15, 0.2) is 0 Å². The van der Waals surface area contributed by atoms with E-state index in [1.54, 1.807) is 17.5 Å². The molecule has 0 spiro atoms. The first kappa shape index (κ1) is 16.1. The Kier molecular flexibility index (Phi) is 5.21. The van der Waals surface area contributed by atoms with Crippen LogP contribution in [0.5, 0.6) is 0 Å². The molecule has 22 heavy (non-hydrogen) atoms. The molecule has 2 rings (SSSR count). The lowest BCUT2D eigenvalue weighted by molar-refractivity contribution is -0.384. The largest absolute Gasteiger partial charge is 0.394 e. The van der Waals surface area contributed by atoms with Crippen LogP contribution < -0.4 is 5.32 Å². The van der Waals surface area contributed by atoms with Gasteiger partial charge in [0.25, 0.3) is 11.6 Å². The van der Waals surface area contributed by atoms with Crippen LogP contribution in [0.2, 0.25) is 0 Å². The van der Waals surface area contributed by atoms with Crippen molar-refractivity contribution in [3.05, 3.63) is 62.3 Å². The Morgan fingerprint density at radius 3 is 2.50 bits per heavy atom. The van der Waals surface area contributed by atoms with E-state index in [1.165, 1.54) is 35.6 Å². The molecule has 7 nitrogen and oxygen atoms in total. The van der Waals surface area contributed by atoms with E-state index in [-0.39, 0.29) is 5.69 Å². The maximum Gasteiger partial charge on any atom is 0.269 e. The van der Waals surface area contributed by atoms with Crippen molar-refractivity contribution in [3.8, 4) is 0 Å². The number of nitro benzene ring substituents is 1. The fourth-order valence-electron chi connectivity index (χ4n) is 1.90. The molecule has 0 aliphatic carbocycles. The van der Waals surface area contributed by atoms with Crippen molar-refractivity contribution in [2.45, 2.75) is 12.1 Å². The van der Waals surface area contributed by atoms with Gasteiger partial charge < -0.3 is 15.5 Å². The maximum absolute atomic E-state index is 11.9. The molecule has 0 aliphatic rings. The average molecular weight is 322 g/mol. The molecular formula is C14H14N2O5S. The molecule has 0 saturated heterocycles. The van der Waals surface area contributed by atoms with Gasteiger partial charge in [-0.25, -0.2) is 0 Å². The highest BCUT2D eigenvalue weighted by Gasteiger charge is 2.23. The number of nitrogens with zero attached hydrogens (tertiary/aromatic N) is 1. The molecule has 116 valence electrons. The quantitative estimate of drug-likeness (QED) is 0.551. The number of thiophene rings is 1. The molecule has 0 saturated carbocycles. The van der Waals surface area contributed by atoms with Crippen LogP contribution in [0, 0.1) is 10.1 Å². The second-order valence-corrected chi connectivity index (χ2v) is 5.48. The number of non-ortho nitro benzene ring substituents is 1. The predicted octanol–water partition coefficient (Wildman–Crippen LogP) is 1.48. The van der Waals surface area contributed by atoms with Gasteiger partial charge in [-0.1, -0.05) is 6.07 Å². The molecule has 0 bridgehead atoms. The molecular weight excluding hydrogens is 308 g/mol. The van der Waals surface area contributed by atoms with Crippen molar-refractivity contribution in [1.82, 2.24) is 5.32 Å². The Labute approximate surface area is 130 Å². The summed E-state index contributed by atoms with van der Waals surface area (Å²) in [5.41, 5.74) is 0.273. The van der Waals surface area contributed by atoms with Crippen LogP contribution in [0.1, 0.15) is 21.3 Å². The molecule has 2 unspecified atom stereocenters. The highest BCUT2D eigenvalue weighted by molar-refractivity contribution is 7.12. The monoisotopic (exact) mass is 322 g/mol. The standard InChI is InChI=1S/C14H14N2O5S/c17-8-11(15-14(19)12-2-1-7-22-12)13(18)9-3-5-10(6-4-9)16(20)21/h1-7,11,13,17-18H,8H2,(H,15,19). The summed E-state index contributed by atoms with van der Waals surface area (Å²) in [4.78, 5) is 22.5. The summed E-state index contributed by atoms with van der Waals surface area (Å²) in [6.07, 6.45) is -1.17. The Morgan fingerprint density at radius 2 is 2.00 bits per heavy atom. The van der Waals surface area contributed by atoms with Crippen molar-refractivity contribution >= 4 is 22.9 Å². The highest BCUT2D eigenvalue weighted by atomic mass is 32.1. The van der Waals surface area contributed by atoms with Crippen LogP contribution >= 0.6 is 11.3 Å². The normalized spacial score (nSPS) is 13.4. The predicted molar refractivity (Wildman–Crippen MR) is 80.7 cm³/mol. The summed E-state index contributed by atoms with van der Waals surface area (Å²) in [7, 11) is 0. The third kappa shape index (κ3) is 3.67. The number of rotatable bonds is 6. The fraction of sp³-hybridized carbons (Fsp3) is 0.214. The highest BCUT2D eigenvalue weighted by Crippen LogP contribution is 2.21. The lowest BCUT2D eigenvalue weighted by atomic mass is 10.0. The lowest BCUT2D eigenvalue weighted by Gasteiger charge is -2.22. The smallest absolute Gasteiger partial charge is 0.269 e. The van der Waals surface area contributed by atoms with Crippen LogP contribution in [-0.2, 0) is 0 Å². The number of carbonyl (C=O) groups is 1. The van der Waals surface area contributed by atoms with Crippen molar-refractivity contribution in [1.29, 1.82) is 0 Å². The summed E-state index contributed by atoms with van der Waals surface area (Å²) in [5, 5.41) is 34.5. The third-order valence-electron chi connectivity index (χ3n) is 3.08. The van der Waals surface area contributed by atoms with Gasteiger partial charge in [-0.2, -0.15) is 0 Å². The minimum Gasteiger partial charge on any atom is -0.394 e. The first-order chi connectivity index (χ1) is 10.5. The summed E-state index contributed by atoms with van der Waals surface area (Å²) < 4.78 is 0. The summed E-state index contributed by atoms with van der Waals surface area (Å²) in [6, 6.07) is 7.75. The van der Waals surface area contributed by atoms with Gasteiger partial charge in [-0.05, 0) is 29.1 Å². The number of carbonyl (C=O) groups excluding carboxylic acids is 1. The second-order valence-electron chi connectivity index (χ2n) is 4.53. The van der Waals surface area contributed by atoms with Gasteiger partial charge in [0.1, 0.15) is 6.10 Å². The Bertz CT molecular complexity index is 642. The SMILES string of the molecule is O=C(NC(CO)C(O)c1ccc([N+](=O)[O-])cc1)c1cccs1. The molecule has 1 aromatic carbocycles. The Hall–Kier alpha value is -2.29. The van der Waals surface area contributed by atoms with Gasteiger partial charge in [0, 0.05) is 12.1 Å². The van der Waals surface area contributed by atoms with Crippen LogP contribution in [0.15, 0.2) is 41.8 Å². The van der Waals surface area contributed by atoms with E-state index in [1.807, 2.05) is 0 Å². The van der Waals surface area contributed by atoms with E-state index in [0.29, 0.717) is 10.4 Å². The number of aliphatic hydroxyl groups is 2. The van der Waals surface area contributed by atoms with E-state index < -0.39 is 29.6 Å². The molecule has 3 N–H and O–H groups in total. The average Bonchev–Trinajstić information content (AvgIpc) is 3.06. The number of aliphatic hydroxyl groups excluding tert-OH is 2. The van der Waals surface area contributed by atoms with Crippen LogP contribution in [-0.4, -0.2) is 33.7 Å². The zero-order valence-electron chi connectivity index (χ0n) is 11.4. The van der Waals surface area contributed by atoms with Crippen LogP contribution in [0.4, 0.5) is 5.69 Å². The summed E-state index contributed by atoms with van der Waals surface area (Å²) in [5.74, 6) is -0.394. The van der Waals surface area contributed by atoms with Crippen molar-refractivity contribution in [2.24, 2.45) is 0 Å². The van der Waals surface area contributed by atoms with Crippen molar-refractivity contribution in [3.63, 3.8) is 0 Å². The number of nitrogens with one attached hydrogen (secondary N) is 1. The first-order valence-corrected chi connectivity index (χ1v) is 7.28. The molecule has 8 heteroatoms. The Balaban J connectivity index is 2.09. The second kappa shape index (κ2) is 7.12. The fourth-order valence-corrected chi connectivity index (χ4v) is 2.52. The number of hydrogen-bond donors (Lipinski definition) is 3. The number of amides is 1. The van der Waals surface area contributed by atoms with Gasteiger partial charge in [0.05, 0.1) is 22.4 Å². The number of benzene rings is 1. The third-order valence-corrected chi connectivity index (χ3v) is 3.95. The van der Waals surface area contributed by atoms with Crippen molar-refractivity contribution in [2.75, 3.05) is 6.61 Å². The van der Waals surface area contributed by atoms with E-state index >= 15 is 0 Å². The molecule has 1 heterocycles. The van der Waals surface area contributed by atoms with Gasteiger partial charge in [-0.3, -0.25) is 14.9 Å². The minimum atomic E-state index is -1.17. The summed E-state index contributed by atoms with van der Waals surface area (Å²) in [6.45, 7) is -0.463. The number of hydrogen-bond acceptors (Lipinski definition) is 6. The molecule has 2 aromatic rings. The van der Waals surface area contributed by atoms with Gasteiger partial charge in [-0.15, -0.1) is 11.3 Å².